The van der Waals surface area contributed by atoms with Crippen LogP contribution in [-0.4, -0.2) is 5.91 Å². The zero-order chi connectivity index (χ0) is 13.7. The van der Waals surface area contributed by atoms with Gasteiger partial charge in [0.25, 0.3) is 5.91 Å². The van der Waals surface area contributed by atoms with E-state index in [2.05, 4.69) is 37.4 Å². The Balaban J connectivity index is 2.08. The van der Waals surface area contributed by atoms with Crippen molar-refractivity contribution in [1.29, 1.82) is 0 Å². The molecule has 0 aliphatic heterocycles. The summed E-state index contributed by atoms with van der Waals surface area (Å²) in [5.41, 5.74) is 3.75. The number of furan rings is 1. The van der Waals surface area contributed by atoms with Crippen LogP contribution in [0.3, 0.4) is 0 Å². The topological polar surface area (TPSA) is 42.2 Å². The molecule has 0 fully saturated rings. The minimum atomic E-state index is -0.172. The Labute approximate surface area is 113 Å². The van der Waals surface area contributed by atoms with Crippen molar-refractivity contribution in [1.82, 2.24) is 5.32 Å². The standard InChI is InChI=1S/C16H19NO2/c1-3-12-7-8-13(4-2)14(10-12)11-17-16(18)15-6-5-9-19-15/h5-10H,3-4,11H2,1-2H3,(H,17,18). The average molecular weight is 257 g/mol. The van der Waals surface area contributed by atoms with Gasteiger partial charge in [0.1, 0.15) is 0 Å². The van der Waals surface area contributed by atoms with Gasteiger partial charge in [0, 0.05) is 6.54 Å². The maximum atomic E-state index is 11.8. The summed E-state index contributed by atoms with van der Waals surface area (Å²) in [7, 11) is 0. The first-order valence-corrected chi connectivity index (χ1v) is 6.67. The molecule has 1 N–H and O–H groups in total. The van der Waals surface area contributed by atoms with Crippen LogP contribution in [0.15, 0.2) is 41.0 Å². The van der Waals surface area contributed by atoms with E-state index in [9.17, 15) is 4.79 Å². The SMILES string of the molecule is CCc1ccc(CC)c(CNC(=O)c2ccco2)c1. The molecule has 0 spiro atoms. The molecule has 1 amide bonds. The molecule has 3 heteroatoms. The van der Waals surface area contributed by atoms with E-state index in [-0.39, 0.29) is 5.91 Å². The monoisotopic (exact) mass is 257 g/mol. The fourth-order valence-corrected chi connectivity index (χ4v) is 2.08. The number of nitrogens with one attached hydrogen (secondary N) is 1. The number of rotatable bonds is 5. The lowest BCUT2D eigenvalue weighted by atomic mass is 10.0. The summed E-state index contributed by atoms with van der Waals surface area (Å²) >= 11 is 0. The van der Waals surface area contributed by atoms with Crippen LogP contribution in [0.1, 0.15) is 41.1 Å². The van der Waals surface area contributed by atoms with E-state index in [1.165, 1.54) is 23.0 Å². The van der Waals surface area contributed by atoms with Gasteiger partial charge in [-0.25, -0.2) is 0 Å². The number of aryl methyl sites for hydroxylation is 2. The van der Waals surface area contributed by atoms with Gasteiger partial charge in [-0.15, -0.1) is 0 Å². The van der Waals surface area contributed by atoms with Gasteiger partial charge in [-0.3, -0.25) is 4.79 Å². The normalized spacial score (nSPS) is 10.4. The van der Waals surface area contributed by atoms with Crippen LogP contribution < -0.4 is 5.32 Å². The third-order valence-corrected chi connectivity index (χ3v) is 3.24. The maximum absolute atomic E-state index is 11.8. The van der Waals surface area contributed by atoms with E-state index in [4.69, 9.17) is 4.42 Å². The predicted molar refractivity (Wildman–Crippen MR) is 75.1 cm³/mol. The molecule has 1 aromatic heterocycles. The third-order valence-electron chi connectivity index (χ3n) is 3.24. The Hall–Kier alpha value is -2.03. The first kappa shape index (κ1) is 13.4. The molecule has 2 rings (SSSR count). The summed E-state index contributed by atoms with van der Waals surface area (Å²) in [6.45, 7) is 4.79. The molecule has 0 aliphatic rings. The van der Waals surface area contributed by atoms with Gasteiger partial charge < -0.3 is 9.73 Å². The average Bonchev–Trinajstić information content (AvgIpc) is 2.98. The van der Waals surface area contributed by atoms with Crippen LogP contribution in [0, 0.1) is 0 Å². The minimum absolute atomic E-state index is 0.172. The number of carbonyl (C=O) groups excluding carboxylic acids is 1. The summed E-state index contributed by atoms with van der Waals surface area (Å²) in [5, 5.41) is 2.89. The van der Waals surface area contributed by atoms with Crippen molar-refractivity contribution in [2.24, 2.45) is 0 Å². The lowest BCUT2D eigenvalue weighted by Gasteiger charge is -2.10. The zero-order valence-corrected chi connectivity index (χ0v) is 11.4. The zero-order valence-electron chi connectivity index (χ0n) is 11.4. The molecule has 0 aliphatic carbocycles. The summed E-state index contributed by atoms with van der Waals surface area (Å²) < 4.78 is 5.07. The number of benzene rings is 1. The van der Waals surface area contributed by atoms with Crippen molar-refractivity contribution in [2.45, 2.75) is 33.2 Å². The number of hydrogen-bond acceptors (Lipinski definition) is 2. The van der Waals surface area contributed by atoms with Crippen LogP contribution >= 0.6 is 0 Å². The quantitative estimate of drug-likeness (QED) is 0.892. The van der Waals surface area contributed by atoms with E-state index in [0.717, 1.165) is 12.8 Å². The van der Waals surface area contributed by atoms with Crippen molar-refractivity contribution in [3.8, 4) is 0 Å². The smallest absolute Gasteiger partial charge is 0.287 e. The summed E-state index contributed by atoms with van der Waals surface area (Å²) in [6.07, 6.45) is 3.48. The molecule has 0 saturated carbocycles. The van der Waals surface area contributed by atoms with Gasteiger partial charge >= 0.3 is 0 Å². The Morgan fingerprint density at radius 1 is 1.16 bits per heavy atom. The first-order chi connectivity index (χ1) is 9.24. The fraction of sp³-hybridized carbons (Fsp3) is 0.312. The number of carbonyl (C=O) groups is 1. The second-order valence-corrected chi connectivity index (χ2v) is 4.47. The van der Waals surface area contributed by atoms with E-state index in [1.54, 1.807) is 12.1 Å². The van der Waals surface area contributed by atoms with Crippen LogP contribution in [0.5, 0.6) is 0 Å². The van der Waals surface area contributed by atoms with Gasteiger partial charge in [-0.1, -0.05) is 32.0 Å². The van der Waals surface area contributed by atoms with Crippen molar-refractivity contribution >= 4 is 5.91 Å². The van der Waals surface area contributed by atoms with Gasteiger partial charge in [0.2, 0.25) is 0 Å². The summed E-state index contributed by atoms with van der Waals surface area (Å²) in [5.74, 6) is 0.179. The molecule has 100 valence electrons. The molecule has 0 atom stereocenters. The highest BCUT2D eigenvalue weighted by Gasteiger charge is 2.09. The Morgan fingerprint density at radius 3 is 2.63 bits per heavy atom. The lowest BCUT2D eigenvalue weighted by molar-refractivity contribution is 0.0923. The van der Waals surface area contributed by atoms with Crippen LogP contribution in [0.2, 0.25) is 0 Å². The van der Waals surface area contributed by atoms with E-state index < -0.39 is 0 Å². The van der Waals surface area contributed by atoms with Gasteiger partial charge in [-0.2, -0.15) is 0 Å². The van der Waals surface area contributed by atoms with Gasteiger partial charge in [-0.05, 0) is 41.7 Å². The molecule has 1 aromatic carbocycles. The van der Waals surface area contributed by atoms with Crippen LogP contribution in [0.25, 0.3) is 0 Å². The Morgan fingerprint density at radius 2 is 2.00 bits per heavy atom. The van der Waals surface area contributed by atoms with Crippen molar-refractivity contribution in [3.05, 3.63) is 59.0 Å². The Bertz CT molecular complexity index is 544. The number of hydrogen-bond donors (Lipinski definition) is 1. The van der Waals surface area contributed by atoms with E-state index in [0.29, 0.717) is 12.3 Å². The van der Waals surface area contributed by atoms with E-state index >= 15 is 0 Å². The first-order valence-electron chi connectivity index (χ1n) is 6.67. The fourth-order valence-electron chi connectivity index (χ4n) is 2.08. The molecular weight excluding hydrogens is 238 g/mol. The number of amides is 1. The van der Waals surface area contributed by atoms with Crippen molar-refractivity contribution in [2.75, 3.05) is 0 Å². The second kappa shape index (κ2) is 6.23. The third kappa shape index (κ3) is 3.25. The van der Waals surface area contributed by atoms with Gasteiger partial charge in [0.05, 0.1) is 6.26 Å². The van der Waals surface area contributed by atoms with E-state index in [1.807, 2.05) is 0 Å². The molecular formula is C16H19NO2. The highest BCUT2D eigenvalue weighted by Crippen LogP contribution is 2.14. The molecule has 0 bridgehead atoms. The van der Waals surface area contributed by atoms with Crippen molar-refractivity contribution in [3.63, 3.8) is 0 Å². The van der Waals surface area contributed by atoms with Crippen LogP contribution in [-0.2, 0) is 19.4 Å². The molecule has 0 saturated heterocycles. The highest BCUT2D eigenvalue weighted by molar-refractivity contribution is 5.91. The largest absolute Gasteiger partial charge is 0.459 e. The summed E-state index contributed by atoms with van der Waals surface area (Å²) in [6, 6.07) is 9.84. The maximum Gasteiger partial charge on any atom is 0.287 e. The highest BCUT2D eigenvalue weighted by atomic mass is 16.3. The molecule has 19 heavy (non-hydrogen) atoms. The predicted octanol–water partition coefficient (Wildman–Crippen LogP) is 3.33. The molecule has 0 radical (unpaired) electrons. The minimum Gasteiger partial charge on any atom is -0.459 e. The Kier molecular flexibility index (Phi) is 4.39. The molecule has 0 unspecified atom stereocenters. The molecule has 2 aromatic rings. The van der Waals surface area contributed by atoms with Gasteiger partial charge in [0.15, 0.2) is 5.76 Å². The second-order valence-electron chi connectivity index (χ2n) is 4.47. The lowest BCUT2D eigenvalue weighted by Crippen LogP contribution is -2.23. The van der Waals surface area contributed by atoms with Crippen LogP contribution in [0.4, 0.5) is 0 Å². The van der Waals surface area contributed by atoms with Crippen molar-refractivity contribution < 1.29 is 9.21 Å². The summed E-state index contributed by atoms with van der Waals surface area (Å²) in [4.78, 5) is 11.8. The molecule has 1 heterocycles. The molecule has 3 nitrogen and oxygen atoms in total.